The molecule has 0 saturated heterocycles. The lowest BCUT2D eigenvalue weighted by Gasteiger charge is -2.14. The minimum absolute atomic E-state index is 0.532. The van der Waals surface area contributed by atoms with Gasteiger partial charge in [-0.25, -0.2) is 4.99 Å². The average Bonchev–Trinajstić information content (AvgIpc) is 3.30. The first-order valence-electron chi connectivity index (χ1n) is 8.17. The summed E-state index contributed by atoms with van der Waals surface area (Å²) in [6.07, 6.45) is 6.80. The largest absolute Gasteiger partial charge is 0.463 e. The van der Waals surface area contributed by atoms with Gasteiger partial charge in [0.1, 0.15) is 0 Å². The number of aromatic nitrogens is 1. The van der Waals surface area contributed by atoms with Crippen LogP contribution in [0.1, 0.15) is 37.3 Å². The van der Waals surface area contributed by atoms with Crippen molar-refractivity contribution >= 4 is 17.0 Å². The highest BCUT2D eigenvalue weighted by Gasteiger charge is 2.22. The van der Waals surface area contributed by atoms with Gasteiger partial charge in [-0.1, -0.05) is 31.0 Å². The van der Waals surface area contributed by atoms with Crippen molar-refractivity contribution in [3.63, 3.8) is 0 Å². The van der Waals surface area contributed by atoms with E-state index in [9.17, 15) is 0 Å². The van der Waals surface area contributed by atoms with Crippen molar-refractivity contribution < 1.29 is 4.42 Å². The van der Waals surface area contributed by atoms with Crippen molar-refractivity contribution in [3.8, 4) is 11.5 Å². The van der Waals surface area contributed by atoms with Crippen LogP contribution in [0.4, 0.5) is 5.69 Å². The third-order valence-corrected chi connectivity index (χ3v) is 5.38. The van der Waals surface area contributed by atoms with Gasteiger partial charge in [-0.05, 0) is 43.5 Å². The van der Waals surface area contributed by atoms with Crippen LogP contribution >= 0.6 is 11.3 Å². The fourth-order valence-corrected chi connectivity index (χ4v) is 4.27. The Balaban J connectivity index is 1.88. The highest BCUT2D eigenvalue weighted by molar-refractivity contribution is 7.07. The zero-order valence-corrected chi connectivity index (χ0v) is 14.1. The van der Waals surface area contributed by atoms with Crippen molar-refractivity contribution in [2.24, 2.45) is 4.99 Å². The van der Waals surface area contributed by atoms with Crippen molar-refractivity contribution in [1.82, 2.24) is 4.57 Å². The monoisotopic (exact) mass is 324 g/mol. The van der Waals surface area contributed by atoms with Crippen LogP contribution in [-0.4, -0.2) is 4.57 Å². The summed E-state index contributed by atoms with van der Waals surface area (Å²) < 4.78 is 8.04. The van der Waals surface area contributed by atoms with Gasteiger partial charge in [0.25, 0.3) is 0 Å². The first kappa shape index (κ1) is 14.5. The molecule has 23 heavy (non-hydrogen) atoms. The van der Waals surface area contributed by atoms with Gasteiger partial charge in [0.2, 0.25) is 0 Å². The first-order valence-corrected chi connectivity index (χ1v) is 9.05. The molecule has 1 aliphatic rings. The molecular weight excluding hydrogens is 304 g/mol. The molecule has 0 N–H and O–H groups in total. The fourth-order valence-electron chi connectivity index (χ4n) is 3.31. The van der Waals surface area contributed by atoms with Crippen molar-refractivity contribution in [2.75, 3.05) is 0 Å². The van der Waals surface area contributed by atoms with E-state index in [0.29, 0.717) is 6.04 Å². The number of benzene rings is 1. The molecule has 118 valence electrons. The number of aryl methyl sites for hydroxylation is 1. The molecule has 1 aliphatic carbocycles. The van der Waals surface area contributed by atoms with Gasteiger partial charge in [0, 0.05) is 11.4 Å². The lowest BCUT2D eigenvalue weighted by atomic mass is 10.2. The quantitative estimate of drug-likeness (QED) is 0.628. The van der Waals surface area contributed by atoms with E-state index in [4.69, 9.17) is 9.41 Å². The number of para-hydroxylation sites is 1. The van der Waals surface area contributed by atoms with Crippen LogP contribution < -0.4 is 4.80 Å². The summed E-state index contributed by atoms with van der Waals surface area (Å²) in [4.78, 5) is 6.02. The molecule has 0 unspecified atom stereocenters. The minimum Gasteiger partial charge on any atom is -0.463 e. The zero-order chi connectivity index (χ0) is 15.6. The highest BCUT2D eigenvalue weighted by Crippen LogP contribution is 2.33. The Bertz CT molecular complexity index is 852. The molecule has 3 nitrogen and oxygen atoms in total. The topological polar surface area (TPSA) is 30.4 Å². The third-order valence-electron chi connectivity index (χ3n) is 4.54. The molecule has 0 aliphatic heterocycles. The number of rotatable bonds is 3. The van der Waals surface area contributed by atoms with E-state index in [1.54, 1.807) is 17.6 Å². The standard InChI is InChI=1S/C19H20N2OS/c1-14-7-2-5-10-16(14)20-19-21(15-8-3-4-9-15)17(13-23-19)18-11-6-12-22-18/h2,5-7,10-13,15H,3-4,8-9H2,1H3. The molecule has 0 radical (unpaired) electrons. The molecule has 1 fully saturated rings. The second-order valence-electron chi connectivity index (χ2n) is 6.09. The predicted octanol–water partition coefficient (Wildman–Crippen LogP) is 5.47. The van der Waals surface area contributed by atoms with E-state index in [0.717, 1.165) is 21.9 Å². The van der Waals surface area contributed by atoms with Crippen LogP contribution in [0.15, 0.2) is 57.5 Å². The lowest BCUT2D eigenvalue weighted by molar-refractivity contribution is 0.499. The van der Waals surface area contributed by atoms with Crippen molar-refractivity contribution in [2.45, 2.75) is 38.6 Å². The number of hydrogen-bond donors (Lipinski definition) is 0. The fraction of sp³-hybridized carbons (Fsp3) is 0.316. The SMILES string of the molecule is Cc1ccccc1N=c1scc(-c2ccco2)n1C1CCCC1. The van der Waals surface area contributed by atoms with E-state index >= 15 is 0 Å². The number of thiazole rings is 1. The predicted molar refractivity (Wildman–Crippen MR) is 93.9 cm³/mol. The third kappa shape index (κ3) is 2.79. The molecule has 0 spiro atoms. The Kier molecular flexibility index (Phi) is 3.92. The maximum Gasteiger partial charge on any atom is 0.190 e. The van der Waals surface area contributed by atoms with Crippen molar-refractivity contribution in [3.05, 3.63) is 58.4 Å². The van der Waals surface area contributed by atoms with Gasteiger partial charge in [-0.2, -0.15) is 0 Å². The highest BCUT2D eigenvalue weighted by atomic mass is 32.1. The summed E-state index contributed by atoms with van der Waals surface area (Å²) in [6, 6.07) is 12.8. The van der Waals surface area contributed by atoms with Gasteiger partial charge in [0.05, 0.1) is 17.6 Å². The van der Waals surface area contributed by atoms with E-state index in [-0.39, 0.29) is 0 Å². The van der Waals surface area contributed by atoms with Crippen molar-refractivity contribution in [1.29, 1.82) is 0 Å². The molecular formula is C19H20N2OS. The van der Waals surface area contributed by atoms with Crippen LogP contribution in [0.5, 0.6) is 0 Å². The molecule has 4 heteroatoms. The Morgan fingerprint density at radius 2 is 1.96 bits per heavy atom. The summed E-state index contributed by atoms with van der Waals surface area (Å²) in [5.41, 5.74) is 3.41. The minimum atomic E-state index is 0.532. The zero-order valence-electron chi connectivity index (χ0n) is 13.2. The maximum atomic E-state index is 5.65. The summed E-state index contributed by atoms with van der Waals surface area (Å²) in [5, 5.41) is 2.17. The van der Waals surface area contributed by atoms with E-state index in [2.05, 4.69) is 35.1 Å². The molecule has 4 rings (SSSR count). The summed E-state index contributed by atoms with van der Waals surface area (Å²) in [5.74, 6) is 0.930. The van der Waals surface area contributed by atoms with E-state index in [1.807, 2.05) is 18.2 Å². The summed E-state index contributed by atoms with van der Waals surface area (Å²) in [7, 11) is 0. The van der Waals surface area contributed by atoms with Crippen LogP contribution in [0, 0.1) is 6.92 Å². The van der Waals surface area contributed by atoms with Gasteiger partial charge in [0.15, 0.2) is 10.6 Å². The van der Waals surface area contributed by atoms with Crippen LogP contribution in [0.2, 0.25) is 0 Å². The van der Waals surface area contributed by atoms with Gasteiger partial charge in [-0.15, -0.1) is 11.3 Å². The van der Waals surface area contributed by atoms with Gasteiger partial charge in [-0.3, -0.25) is 0 Å². The maximum absolute atomic E-state index is 5.65. The smallest absolute Gasteiger partial charge is 0.190 e. The van der Waals surface area contributed by atoms with E-state index < -0.39 is 0 Å². The second kappa shape index (κ2) is 6.20. The summed E-state index contributed by atoms with van der Waals surface area (Å²) >= 11 is 1.70. The number of hydrogen-bond acceptors (Lipinski definition) is 3. The van der Waals surface area contributed by atoms with E-state index in [1.165, 1.54) is 31.2 Å². The summed E-state index contributed by atoms with van der Waals surface area (Å²) in [6.45, 7) is 2.11. The van der Waals surface area contributed by atoms with Crippen LogP contribution in [-0.2, 0) is 0 Å². The molecule has 0 atom stereocenters. The molecule has 1 saturated carbocycles. The van der Waals surface area contributed by atoms with Gasteiger partial charge < -0.3 is 8.98 Å². The van der Waals surface area contributed by atoms with Gasteiger partial charge >= 0.3 is 0 Å². The average molecular weight is 324 g/mol. The molecule has 1 aromatic carbocycles. The molecule has 0 bridgehead atoms. The Labute approximate surface area is 139 Å². The Hall–Kier alpha value is -2.07. The first-order chi connectivity index (χ1) is 11.3. The van der Waals surface area contributed by atoms with Crippen LogP contribution in [0.3, 0.4) is 0 Å². The molecule has 2 heterocycles. The number of nitrogens with zero attached hydrogens (tertiary/aromatic N) is 2. The Morgan fingerprint density at radius 1 is 1.13 bits per heavy atom. The molecule has 2 aromatic heterocycles. The normalized spacial score (nSPS) is 16.3. The molecule has 0 amide bonds. The Morgan fingerprint density at radius 3 is 2.70 bits per heavy atom. The lowest BCUT2D eigenvalue weighted by Crippen LogP contribution is -2.19. The second-order valence-corrected chi connectivity index (χ2v) is 6.92. The molecule has 3 aromatic rings. The number of furan rings is 1. The van der Waals surface area contributed by atoms with Crippen LogP contribution in [0.25, 0.3) is 11.5 Å².